The van der Waals surface area contributed by atoms with E-state index in [9.17, 15) is 4.79 Å². The summed E-state index contributed by atoms with van der Waals surface area (Å²) >= 11 is 0. The first kappa shape index (κ1) is 13.8. The van der Waals surface area contributed by atoms with Crippen LogP contribution in [-0.4, -0.2) is 49.8 Å². The van der Waals surface area contributed by atoms with Crippen LogP contribution in [0.15, 0.2) is 49.3 Å². The number of hydrogen-bond acceptors (Lipinski definition) is 5. The molecule has 0 spiro atoms. The van der Waals surface area contributed by atoms with Crippen LogP contribution in [0.4, 0.5) is 0 Å². The zero-order chi connectivity index (χ0) is 15.6. The highest BCUT2D eigenvalue weighted by Gasteiger charge is 2.30. The number of pyridine rings is 1. The van der Waals surface area contributed by atoms with E-state index in [0.29, 0.717) is 24.4 Å². The minimum Gasteiger partial charge on any atom is -0.328 e. The Labute approximate surface area is 133 Å². The molecule has 4 heterocycles. The largest absolute Gasteiger partial charge is 0.328 e. The average molecular weight is 308 g/mol. The highest BCUT2D eigenvalue weighted by molar-refractivity contribution is 5.98. The Morgan fingerprint density at radius 2 is 2.09 bits per heavy atom. The number of nitrogens with one attached hydrogen (secondary N) is 1. The fraction of sp³-hybridized carbons (Fsp3) is 0.250. The van der Waals surface area contributed by atoms with Gasteiger partial charge in [-0.1, -0.05) is 6.07 Å². The van der Waals surface area contributed by atoms with E-state index in [2.05, 4.69) is 20.3 Å². The van der Waals surface area contributed by atoms with Gasteiger partial charge in [0.1, 0.15) is 0 Å². The second kappa shape index (κ2) is 5.77. The first-order chi connectivity index (χ1) is 11.3. The molecule has 116 valence electrons. The predicted molar refractivity (Wildman–Crippen MR) is 83.9 cm³/mol. The van der Waals surface area contributed by atoms with Crippen molar-refractivity contribution in [1.29, 1.82) is 0 Å². The maximum absolute atomic E-state index is 13.1. The van der Waals surface area contributed by atoms with Crippen molar-refractivity contribution in [3.05, 3.63) is 60.6 Å². The van der Waals surface area contributed by atoms with Crippen molar-refractivity contribution in [2.75, 3.05) is 19.6 Å². The Morgan fingerprint density at radius 1 is 1.22 bits per heavy atom. The molecule has 1 unspecified atom stereocenters. The molecule has 1 aliphatic heterocycles. The molecule has 0 aliphatic carbocycles. The Hall–Kier alpha value is -2.80. The minimum atomic E-state index is -0.0999. The van der Waals surface area contributed by atoms with Crippen LogP contribution >= 0.6 is 0 Å². The van der Waals surface area contributed by atoms with E-state index in [4.69, 9.17) is 0 Å². The smallest absolute Gasteiger partial charge is 0.276 e. The highest BCUT2D eigenvalue weighted by Crippen LogP contribution is 2.23. The first-order valence-corrected chi connectivity index (χ1v) is 7.54. The summed E-state index contributed by atoms with van der Waals surface area (Å²) in [5.74, 6) is -0.0999. The number of imidazole rings is 1. The van der Waals surface area contributed by atoms with Crippen LogP contribution in [0.25, 0.3) is 5.65 Å². The van der Waals surface area contributed by atoms with Crippen molar-refractivity contribution < 1.29 is 4.79 Å². The first-order valence-electron chi connectivity index (χ1n) is 7.54. The number of carbonyl (C=O) groups excluding carboxylic acids is 1. The molecular weight excluding hydrogens is 292 g/mol. The molecule has 1 saturated heterocycles. The van der Waals surface area contributed by atoms with E-state index in [1.54, 1.807) is 24.8 Å². The van der Waals surface area contributed by atoms with Crippen molar-refractivity contribution in [1.82, 2.24) is 29.6 Å². The van der Waals surface area contributed by atoms with Crippen LogP contribution < -0.4 is 5.32 Å². The molecule has 7 nitrogen and oxygen atoms in total. The lowest BCUT2D eigenvalue weighted by Gasteiger charge is -2.36. The summed E-state index contributed by atoms with van der Waals surface area (Å²) in [6, 6.07) is 3.83. The number of hydrogen-bond donors (Lipinski definition) is 1. The van der Waals surface area contributed by atoms with Gasteiger partial charge in [0.25, 0.3) is 5.91 Å². The molecular formula is C16H16N6O. The molecule has 1 N–H and O–H groups in total. The topological polar surface area (TPSA) is 75.4 Å². The summed E-state index contributed by atoms with van der Waals surface area (Å²) in [5.41, 5.74) is 1.98. The summed E-state index contributed by atoms with van der Waals surface area (Å²) in [6.07, 6.45) is 10.4. The van der Waals surface area contributed by atoms with Gasteiger partial charge in [0, 0.05) is 56.8 Å². The van der Waals surface area contributed by atoms with Crippen LogP contribution in [0.5, 0.6) is 0 Å². The maximum atomic E-state index is 13.1. The average Bonchev–Trinajstić information content (AvgIpc) is 3.10. The van der Waals surface area contributed by atoms with Crippen LogP contribution in [0.1, 0.15) is 22.1 Å². The molecule has 0 radical (unpaired) electrons. The predicted octanol–water partition coefficient (Wildman–Crippen LogP) is 0.911. The van der Waals surface area contributed by atoms with E-state index in [-0.39, 0.29) is 11.9 Å². The zero-order valence-electron chi connectivity index (χ0n) is 12.5. The summed E-state index contributed by atoms with van der Waals surface area (Å²) in [6.45, 7) is 2.09. The minimum absolute atomic E-state index is 0.0537. The van der Waals surface area contributed by atoms with Gasteiger partial charge in [-0.15, -0.1) is 0 Å². The molecule has 3 aromatic heterocycles. The molecule has 3 aromatic rings. The summed E-state index contributed by atoms with van der Waals surface area (Å²) in [4.78, 5) is 27.6. The van der Waals surface area contributed by atoms with Crippen molar-refractivity contribution in [2.45, 2.75) is 6.04 Å². The van der Waals surface area contributed by atoms with Gasteiger partial charge in [-0.3, -0.25) is 9.78 Å². The van der Waals surface area contributed by atoms with Crippen molar-refractivity contribution in [2.24, 2.45) is 0 Å². The van der Waals surface area contributed by atoms with Gasteiger partial charge < -0.3 is 14.6 Å². The molecule has 1 amide bonds. The van der Waals surface area contributed by atoms with E-state index < -0.39 is 0 Å². The molecule has 1 aliphatic rings. The Balaban J connectivity index is 1.72. The van der Waals surface area contributed by atoms with E-state index >= 15 is 0 Å². The molecule has 23 heavy (non-hydrogen) atoms. The monoisotopic (exact) mass is 308 g/mol. The SMILES string of the molecule is O=C(c1nccn2ccnc12)N1CCNCC1c1cccnc1. The number of rotatable bonds is 2. The number of amides is 1. The highest BCUT2D eigenvalue weighted by atomic mass is 16.2. The second-order valence-electron chi connectivity index (χ2n) is 5.44. The van der Waals surface area contributed by atoms with Gasteiger partial charge in [-0.05, 0) is 11.6 Å². The number of aromatic nitrogens is 4. The van der Waals surface area contributed by atoms with Gasteiger partial charge in [0.05, 0.1) is 6.04 Å². The second-order valence-corrected chi connectivity index (χ2v) is 5.44. The van der Waals surface area contributed by atoms with Gasteiger partial charge in [0.2, 0.25) is 0 Å². The molecule has 4 rings (SSSR count). The normalized spacial score (nSPS) is 18.3. The van der Waals surface area contributed by atoms with Gasteiger partial charge in [-0.25, -0.2) is 9.97 Å². The fourth-order valence-corrected chi connectivity index (χ4v) is 2.96. The lowest BCUT2D eigenvalue weighted by molar-refractivity contribution is 0.0629. The van der Waals surface area contributed by atoms with Gasteiger partial charge in [0.15, 0.2) is 11.3 Å². The number of nitrogens with zero attached hydrogens (tertiary/aromatic N) is 5. The Morgan fingerprint density at radius 3 is 2.91 bits per heavy atom. The molecule has 1 fully saturated rings. The van der Waals surface area contributed by atoms with Crippen LogP contribution in [0.3, 0.4) is 0 Å². The Kier molecular flexibility index (Phi) is 3.47. The third-order valence-electron chi connectivity index (χ3n) is 4.09. The van der Waals surface area contributed by atoms with E-state index in [1.165, 1.54) is 0 Å². The van der Waals surface area contributed by atoms with E-state index in [1.807, 2.05) is 33.8 Å². The van der Waals surface area contributed by atoms with Crippen LogP contribution in [0, 0.1) is 0 Å². The number of piperazine rings is 1. The third kappa shape index (κ3) is 2.44. The molecule has 0 aromatic carbocycles. The number of fused-ring (bicyclic) bond motifs is 1. The fourth-order valence-electron chi connectivity index (χ4n) is 2.96. The molecule has 7 heteroatoms. The quantitative estimate of drug-likeness (QED) is 0.761. The summed E-state index contributed by atoms with van der Waals surface area (Å²) < 4.78 is 1.81. The maximum Gasteiger partial charge on any atom is 0.276 e. The van der Waals surface area contributed by atoms with Crippen LogP contribution in [0.2, 0.25) is 0 Å². The lowest BCUT2D eigenvalue weighted by atomic mass is 10.0. The van der Waals surface area contributed by atoms with Crippen molar-refractivity contribution in [3.8, 4) is 0 Å². The van der Waals surface area contributed by atoms with Crippen LogP contribution in [-0.2, 0) is 0 Å². The number of carbonyl (C=O) groups is 1. The van der Waals surface area contributed by atoms with Gasteiger partial charge >= 0.3 is 0 Å². The van der Waals surface area contributed by atoms with Crippen molar-refractivity contribution in [3.63, 3.8) is 0 Å². The molecule has 1 atom stereocenters. The van der Waals surface area contributed by atoms with Crippen molar-refractivity contribution >= 4 is 11.6 Å². The standard InChI is InChI=1S/C16H16N6O/c23-16(14-15-20-6-8-21(15)7-5-19-14)22-9-4-18-11-13(22)12-2-1-3-17-10-12/h1-3,5-8,10,13,18H,4,9,11H2. The third-order valence-corrected chi connectivity index (χ3v) is 4.09. The summed E-state index contributed by atoms with van der Waals surface area (Å²) in [5, 5.41) is 3.34. The summed E-state index contributed by atoms with van der Waals surface area (Å²) in [7, 11) is 0. The van der Waals surface area contributed by atoms with Gasteiger partial charge in [-0.2, -0.15) is 0 Å². The lowest BCUT2D eigenvalue weighted by Crippen LogP contribution is -2.49. The van der Waals surface area contributed by atoms with E-state index in [0.717, 1.165) is 12.1 Å². The molecule has 0 bridgehead atoms. The molecule has 0 saturated carbocycles. The Bertz CT molecular complexity index is 831. The zero-order valence-corrected chi connectivity index (χ0v) is 12.5.